The minimum Gasteiger partial charge on any atom is -0.226 e. The maximum Gasteiger partial charge on any atom is 0.0444 e. The standard InChI is InChI=1S/C9H12ClN/c1-7-5-3-4-6-9(7)8(2)11-10/h3-6,8,11H,1-2H3/t8-/m1/s1. The Hall–Kier alpha value is -0.530. The normalized spacial score (nSPS) is 13.0. The van der Waals surface area contributed by atoms with Gasteiger partial charge in [-0.15, -0.1) is 0 Å². The number of halogens is 1. The molecule has 2 heteroatoms. The molecule has 0 bridgehead atoms. The molecule has 0 saturated heterocycles. The van der Waals surface area contributed by atoms with Gasteiger partial charge in [0, 0.05) is 6.04 Å². The van der Waals surface area contributed by atoms with E-state index in [0.29, 0.717) is 0 Å². The average molecular weight is 170 g/mol. The summed E-state index contributed by atoms with van der Waals surface area (Å²) < 4.78 is 0. The van der Waals surface area contributed by atoms with Crippen LogP contribution in [0.5, 0.6) is 0 Å². The lowest BCUT2D eigenvalue weighted by Gasteiger charge is -2.11. The van der Waals surface area contributed by atoms with E-state index in [1.807, 2.05) is 19.1 Å². The third-order valence-electron chi connectivity index (χ3n) is 1.82. The Kier molecular flexibility index (Phi) is 2.92. The van der Waals surface area contributed by atoms with E-state index in [-0.39, 0.29) is 6.04 Å². The molecule has 0 amide bonds. The van der Waals surface area contributed by atoms with E-state index >= 15 is 0 Å². The number of hydrogen-bond acceptors (Lipinski definition) is 1. The van der Waals surface area contributed by atoms with Gasteiger partial charge in [0.05, 0.1) is 0 Å². The van der Waals surface area contributed by atoms with Gasteiger partial charge in [0.2, 0.25) is 0 Å². The summed E-state index contributed by atoms with van der Waals surface area (Å²) in [5, 5.41) is 0. The number of hydrogen-bond donors (Lipinski definition) is 1. The monoisotopic (exact) mass is 169 g/mol. The second-order valence-corrected chi connectivity index (χ2v) is 2.91. The van der Waals surface area contributed by atoms with Gasteiger partial charge in [0.25, 0.3) is 0 Å². The lowest BCUT2D eigenvalue weighted by molar-refractivity contribution is 0.739. The molecule has 0 radical (unpaired) electrons. The van der Waals surface area contributed by atoms with E-state index in [9.17, 15) is 0 Å². The smallest absolute Gasteiger partial charge is 0.0444 e. The van der Waals surface area contributed by atoms with Crippen molar-refractivity contribution in [2.24, 2.45) is 0 Å². The van der Waals surface area contributed by atoms with Crippen molar-refractivity contribution in [1.82, 2.24) is 4.84 Å². The van der Waals surface area contributed by atoms with E-state index < -0.39 is 0 Å². The van der Waals surface area contributed by atoms with Crippen LogP contribution in [0.4, 0.5) is 0 Å². The number of benzene rings is 1. The topological polar surface area (TPSA) is 12.0 Å². The molecule has 0 heterocycles. The lowest BCUT2D eigenvalue weighted by Crippen LogP contribution is -2.07. The van der Waals surface area contributed by atoms with Crippen LogP contribution in [-0.2, 0) is 0 Å². The summed E-state index contributed by atoms with van der Waals surface area (Å²) >= 11 is 5.51. The molecular formula is C9H12ClN. The van der Waals surface area contributed by atoms with Gasteiger partial charge < -0.3 is 0 Å². The second kappa shape index (κ2) is 3.74. The quantitative estimate of drug-likeness (QED) is 0.672. The minimum absolute atomic E-state index is 0.220. The molecule has 0 spiro atoms. The Morgan fingerprint density at radius 2 is 2.00 bits per heavy atom. The first-order valence-corrected chi connectivity index (χ1v) is 4.05. The van der Waals surface area contributed by atoms with Crippen molar-refractivity contribution >= 4 is 11.8 Å². The minimum atomic E-state index is 0.220. The second-order valence-electron chi connectivity index (χ2n) is 2.69. The fourth-order valence-corrected chi connectivity index (χ4v) is 1.25. The maximum atomic E-state index is 5.51. The first kappa shape index (κ1) is 8.57. The van der Waals surface area contributed by atoms with Crippen LogP contribution < -0.4 is 4.84 Å². The summed E-state index contributed by atoms with van der Waals surface area (Å²) in [7, 11) is 0. The summed E-state index contributed by atoms with van der Waals surface area (Å²) in [6, 6.07) is 8.43. The van der Waals surface area contributed by atoms with Crippen LogP contribution in [0.1, 0.15) is 24.1 Å². The van der Waals surface area contributed by atoms with Crippen LogP contribution in [0.25, 0.3) is 0 Å². The number of nitrogens with one attached hydrogen (secondary N) is 1. The molecule has 0 aromatic heterocycles. The van der Waals surface area contributed by atoms with E-state index in [2.05, 4.69) is 23.9 Å². The molecular weight excluding hydrogens is 158 g/mol. The predicted octanol–water partition coefficient (Wildman–Crippen LogP) is 2.80. The van der Waals surface area contributed by atoms with Crippen LogP contribution in [0.15, 0.2) is 24.3 Å². The summed E-state index contributed by atoms with van der Waals surface area (Å²) in [5.41, 5.74) is 2.52. The Labute approximate surface area is 72.5 Å². The van der Waals surface area contributed by atoms with Gasteiger partial charge in [-0.3, -0.25) is 0 Å². The van der Waals surface area contributed by atoms with E-state index in [1.54, 1.807) is 0 Å². The molecule has 1 atom stereocenters. The zero-order valence-corrected chi connectivity index (χ0v) is 7.52. The molecule has 1 rings (SSSR count). The van der Waals surface area contributed by atoms with E-state index in [4.69, 9.17) is 11.8 Å². The summed E-state index contributed by atoms with van der Waals surface area (Å²) in [6.45, 7) is 4.12. The zero-order valence-electron chi connectivity index (χ0n) is 6.76. The van der Waals surface area contributed by atoms with Crippen molar-refractivity contribution in [2.45, 2.75) is 19.9 Å². The highest BCUT2D eigenvalue weighted by molar-refractivity contribution is 6.13. The Morgan fingerprint density at radius 3 is 2.55 bits per heavy atom. The zero-order chi connectivity index (χ0) is 8.27. The summed E-state index contributed by atoms with van der Waals surface area (Å²) in [4.78, 5) is 2.69. The summed E-state index contributed by atoms with van der Waals surface area (Å²) in [5.74, 6) is 0. The van der Waals surface area contributed by atoms with Gasteiger partial charge in [0.1, 0.15) is 0 Å². The van der Waals surface area contributed by atoms with Gasteiger partial charge in [-0.05, 0) is 36.8 Å². The first-order valence-electron chi connectivity index (χ1n) is 3.67. The fourth-order valence-electron chi connectivity index (χ4n) is 1.13. The Bertz CT molecular complexity index is 235. The Morgan fingerprint density at radius 1 is 1.36 bits per heavy atom. The van der Waals surface area contributed by atoms with Gasteiger partial charge in [-0.25, -0.2) is 4.84 Å². The van der Waals surface area contributed by atoms with Crippen molar-refractivity contribution in [1.29, 1.82) is 0 Å². The van der Waals surface area contributed by atoms with Crippen molar-refractivity contribution in [3.8, 4) is 0 Å². The first-order chi connectivity index (χ1) is 5.25. The molecule has 0 aliphatic rings. The molecule has 1 aromatic carbocycles. The molecule has 1 N–H and O–H groups in total. The molecule has 0 aliphatic carbocycles. The van der Waals surface area contributed by atoms with Crippen molar-refractivity contribution in [3.63, 3.8) is 0 Å². The molecule has 60 valence electrons. The van der Waals surface area contributed by atoms with E-state index in [1.165, 1.54) is 11.1 Å². The third-order valence-corrected chi connectivity index (χ3v) is 2.15. The third kappa shape index (κ3) is 1.95. The van der Waals surface area contributed by atoms with Crippen LogP contribution in [0.3, 0.4) is 0 Å². The predicted molar refractivity (Wildman–Crippen MR) is 48.6 cm³/mol. The van der Waals surface area contributed by atoms with Crippen molar-refractivity contribution in [2.75, 3.05) is 0 Å². The molecule has 0 unspecified atom stereocenters. The molecule has 1 nitrogen and oxygen atoms in total. The van der Waals surface area contributed by atoms with Crippen LogP contribution in [0, 0.1) is 6.92 Å². The van der Waals surface area contributed by atoms with Crippen LogP contribution in [0.2, 0.25) is 0 Å². The SMILES string of the molecule is Cc1ccccc1[C@@H](C)NCl. The van der Waals surface area contributed by atoms with Gasteiger partial charge >= 0.3 is 0 Å². The molecule has 0 fully saturated rings. The van der Waals surface area contributed by atoms with Gasteiger partial charge in [-0.2, -0.15) is 0 Å². The van der Waals surface area contributed by atoms with Gasteiger partial charge in [0.15, 0.2) is 0 Å². The maximum absolute atomic E-state index is 5.51. The molecule has 0 aliphatic heterocycles. The number of aryl methyl sites for hydroxylation is 1. The van der Waals surface area contributed by atoms with Crippen molar-refractivity contribution < 1.29 is 0 Å². The molecule has 0 saturated carbocycles. The highest BCUT2D eigenvalue weighted by atomic mass is 35.5. The highest BCUT2D eigenvalue weighted by Gasteiger charge is 2.04. The highest BCUT2D eigenvalue weighted by Crippen LogP contribution is 2.16. The van der Waals surface area contributed by atoms with Crippen LogP contribution >= 0.6 is 11.8 Å². The Balaban J connectivity index is 2.93. The van der Waals surface area contributed by atoms with Crippen LogP contribution in [-0.4, -0.2) is 0 Å². The lowest BCUT2D eigenvalue weighted by atomic mass is 10.0. The van der Waals surface area contributed by atoms with Crippen molar-refractivity contribution in [3.05, 3.63) is 35.4 Å². The average Bonchev–Trinajstić information content (AvgIpc) is 2.04. The summed E-state index contributed by atoms with van der Waals surface area (Å²) in [6.07, 6.45) is 0. The largest absolute Gasteiger partial charge is 0.226 e. The fraction of sp³-hybridized carbons (Fsp3) is 0.333. The van der Waals surface area contributed by atoms with E-state index in [0.717, 1.165) is 0 Å². The van der Waals surface area contributed by atoms with Gasteiger partial charge in [-0.1, -0.05) is 24.3 Å². The molecule has 11 heavy (non-hydrogen) atoms. The molecule has 1 aromatic rings. The number of rotatable bonds is 2.